The predicted octanol–water partition coefficient (Wildman–Crippen LogP) is 5.18. The topological polar surface area (TPSA) is 109 Å². The number of nitrogens with two attached hydrogens (primary N) is 1. The van der Waals surface area contributed by atoms with Crippen LogP contribution in [-0.4, -0.2) is 32.8 Å². The summed E-state index contributed by atoms with van der Waals surface area (Å²) in [5, 5.41) is 3.55. The molecule has 2 aromatic heterocycles. The third-order valence-corrected chi connectivity index (χ3v) is 4.95. The SMILES string of the molecule is NC(=O)c1ccccc1.O=C(Oc1ccn(Cc2ccc(OCc3cccnc3)cc2C(F)(F)F)n1)C(F)(F)F. The van der Waals surface area contributed by atoms with Gasteiger partial charge in [0.1, 0.15) is 12.4 Å². The summed E-state index contributed by atoms with van der Waals surface area (Å²) in [4.78, 5) is 25.1. The van der Waals surface area contributed by atoms with Gasteiger partial charge in [-0.15, -0.1) is 5.10 Å². The highest BCUT2D eigenvalue weighted by atomic mass is 19.4. The van der Waals surface area contributed by atoms with Gasteiger partial charge in [0, 0.05) is 35.8 Å². The van der Waals surface area contributed by atoms with Gasteiger partial charge in [-0.1, -0.05) is 30.3 Å². The number of halogens is 6. The summed E-state index contributed by atoms with van der Waals surface area (Å²) < 4.78 is 87.6. The van der Waals surface area contributed by atoms with Crippen molar-refractivity contribution >= 4 is 11.9 Å². The van der Waals surface area contributed by atoms with Crippen LogP contribution >= 0.6 is 0 Å². The number of carbonyl (C=O) groups excluding carboxylic acids is 2. The Kier molecular flexibility index (Phi) is 9.48. The monoisotopic (exact) mass is 566 g/mol. The van der Waals surface area contributed by atoms with E-state index >= 15 is 0 Å². The molecule has 0 unspecified atom stereocenters. The zero-order chi connectivity index (χ0) is 29.3. The molecular formula is C26H20F6N4O4. The largest absolute Gasteiger partial charge is 0.491 e. The Morgan fingerprint density at radius 1 is 0.925 bits per heavy atom. The van der Waals surface area contributed by atoms with E-state index in [-0.39, 0.29) is 23.8 Å². The van der Waals surface area contributed by atoms with Crippen LogP contribution in [0.1, 0.15) is 27.0 Å². The Morgan fingerprint density at radius 3 is 2.23 bits per heavy atom. The predicted molar refractivity (Wildman–Crippen MR) is 128 cm³/mol. The zero-order valence-electron chi connectivity index (χ0n) is 20.3. The smallest absolute Gasteiger partial charge is 0.489 e. The summed E-state index contributed by atoms with van der Waals surface area (Å²) in [7, 11) is 0. The van der Waals surface area contributed by atoms with Crippen LogP contribution < -0.4 is 15.2 Å². The second-order valence-electron chi connectivity index (χ2n) is 7.94. The number of pyridine rings is 1. The van der Waals surface area contributed by atoms with Crippen LogP contribution in [0, 0.1) is 0 Å². The summed E-state index contributed by atoms with van der Waals surface area (Å²) in [5.74, 6) is -3.58. The van der Waals surface area contributed by atoms with Crippen LogP contribution in [0.5, 0.6) is 11.6 Å². The van der Waals surface area contributed by atoms with E-state index in [1.54, 1.807) is 42.6 Å². The molecule has 210 valence electrons. The molecule has 0 saturated carbocycles. The van der Waals surface area contributed by atoms with Crippen molar-refractivity contribution < 1.29 is 45.4 Å². The van der Waals surface area contributed by atoms with Gasteiger partial charge in [-0.3, -0.25) is 14.5 Å². The number of aromatic nitrogens is 3. The molecule has 8 nitrogen and oxygen atoms in total. The first kappa shape index (κ1) is 29.7. The number of amides is 1. The number of carbonyl (C=O) groups is 2. The van der Waals surface area contributed by atoms with Gasteiger partial charge < -0.3 is 15.2 Å². The highest BCUT2D eigenvalue weighted by molar-refractivity contribution is 5.92. The molecule has 0 aliphatic rings. The van der Waals surface area contributed by atoms with Crippen LogP contribution in [0.25, 0.3) is 0 Å². The summed E-state index contributed by atoms with van der Waals surface area (Å²) in [5.41, 5.74) is 4.98. The number of ether oxygens (including phenoxy) is 2. The van der Waals surface area contributed by atoms with E-state index in [1.165, 1.54) is 18.3 Å². The third kappa shape index (κ3) is 8.85. The molecule has 0 fully saturated rings. The van der Waals surface area contributed by atoms with Crippen molar-refractivity contribution in [3.63, 3.8) is 0 Å². The molecule has 0 spiro atoms. The van der Waals surface area contributed by atoms with Crippen molar-refractivity contribution in [2.75, 3.05) is 0 Å². The molecule has 4 aromatic rings. The fourth-order valence-electron chi connectivity index (χ4n) is 3.11. The van der Waals surface area contributed by atoms with Crippen LogP contribution in [0.4, 0.5) is 26.3 Å². The maximum atomic E-state index is 13.5. The Balaban J connectivity index is 0.000000415. The molecule has 2 N–H and O–H groups in total. The van der Waals surface area contributed by atoms with E-state index in [9.17, 15) is 35.9 Å². The molecule has 0 atom stereocenters. The number of alkyl halides is 6. The van der Waals surface area contributed by atoms with Gasteiger partial charge in [-0.05, 0) is 35.9 Å². The third-order valence-electron chi connectivity index (χ3n) is 4.95. The maximum absolute atomic E-state index is 13.5. The Bertz CT molecular complexity index is 1420. The van der Waals surface area contributed by atoms with Crippen LogP contribution in [0.2, 0.25) is 0 Å². The van der Waals surface area contributed by atoms with Crippen LogP contribution in [0.3, 0.4) is 0 Å². The molecule has 2 heterocycles. The highest BCUT2D eigenvalue weighted by Gasteiger charge is 2.41. The average molecular weight is 566 g/mol. The molecule has 4 rings (SSSR count). The number of nitrogens with zero attached hydrogens (tertiary/aromatic N) is 3. The van der Waals surface area contributed by atoms with E-state index in [0.29, 0.717) is 11.1 Å². The summed E-state index contributed by atoms with van der Waals surface area (Å²) in [6, 6.07) is 16.4. The second kappa shape index (κ2) is 12.8. The molecule has 0 bridgehead atoms. The lowest BCUT2D eigenvalue weighted by molar-refractivity contribution is -0.190. The fraction of sp³-hybridized carbons (Fsp3) is 0.154. The first-order valence-corrected chi connectivity index (χ1v) is 11.2. The number of esters is 1. The quantitative estimate of drug-likeness (QED) is 0.244. The zero-order valence-corrected chi connectivity index (χ0v) is 20.3. The number of hydrogen-bond donors (Lipinski definition) is 1. The fourth-order valence-corrected chi connectivity index (χ4v) is 3.11. The molecule has 0 aliphatic heterocycles. The molecule has 0 saturated heterocycles. The lowest BCUT2D eigenvalue weighted by Gasteiger charge is -2.15. The van der Waals surface area contributed by atoms with Gasteiger partial charge in [-0.2, -0.15) is 26.3 Å². The number of rotatable bonds is 7. The van der Waals surface area contributed by atoms with Crippen LogP contribution in [-0.2, 0) is 24.1 Å². The van der Waals surface area contributed by atoms with Crippen molar-refractivity contribution in [1.29, 1.82) is 0 Å². The Morgan fingerprint density at radius 2 is 1.65 bits per heavy atom. The van der Waals surface area contributed by atoms with Crippen molar-refractivity contribution in [3.05, 3.63) is 108 Å². The van der Waals surface area contributed by atoms with E-state index in [0.717, 1.165) is 23.0 Å². The van der Waals surface area contributed by atoms with Gasteiger partial charge in [0.05, 0.1) is 12.1 Å². The first-order valence-electron chi connectivity index (χ1n) is 11.2. The maximum Gasteiger partial charge on any atom is 0.491 e. The molecule has 0 radical (unpaired) electrons. The van der Waals surface area contributed by atoms with Crippen molar-refractivity contribution in [1.82, 2.24) is 14.8 Å². The summed E-state index contributed by atoms with van der Waals surface area (Å²) in [6.45, 7) is -0.418. The van der Waals surface area contributed by atoms with Crippen molar-refractivity contribution in [2.24, 2.45) is 5.73 Å². The van der Waals surface area contributed by atoms with Gasteiger partial charge >= 0.3 is 18.3 Å². The van der Waals surface area contributed by atoms with Gasteiger partial charge in [0.15, 0.2) is 0 Å². The normalized spacial score (nSPS) is 11.2. The van der Waals surface area contributed by atoms with E-state index in [4.69, 9.17) is 10.5 Å². The summed E-state index contributed by atoms with van der Waals surface area (Å²) >= 11 is 0. The lowest BCUT2D eigenvalue weighted by atomic mass is 10.1. The molecule has 1 amide bonds. The Hall–Kier alpha value is -4.88. The lowest BCUT2D eigenvalue weighted by Crippen LogP contribution is -2.28. The minimum Gasteiger partial charge on any atom is -0.489 e. The first-order chi connectivity index (χ1) is 18.8. The van der Waals surface area contributed by atoms with Crippen molar-refractivity contribution in [2.45, 2.75) is 25.5 Å². The highest BCUT2D eigenvalue weighted by Crippen LogP contribution is 2.35. The molecule has 0 aliphatic carbocycles. The minimum absolute atomic E-state index is 0.0115. The molecule has 14 heteroatoms. The average Bonchev–Trinajstić information content (AvgIpc) is 3.35. The molecular weight excluding hydrogens is 546 g/mol. The van der Waals surface area contributed by atoms with Crippen molar-refractivity contribution in [3.8, 4) is 11.6 Å². The van der Waals surface area contributed by atoms with Crippen LogP contribution in [0.15, 0.2) is 85.3 Å². The molecule has 40 heavy (non-hydrogen) atoms. The van der Waals surface area contributed by atoms with E-state index in [2.05, 4.69) is 14.8 Å². The Labute approximate surface area is 223 Å². The number of hydrogen-bond acceptors (Lipinski definition) is 6. The van der Waals surface area contributed by atoms with Gasteiger partial charge in [0.25, 0.3) is 0 Å². The van der Waals surface area contributed by atoms with Gasteiger partial charge in [-0.25, -0.2) is 4.79 Å². The molecule has 2 aromatic carbocycles. The minimum atomic E-state index is -5.22. The second-order valence-corrected chi connectivity index (χ2v) is 7.94. The van der Waals surface area contributed by atoms with E-state index < -0.39 is 36.3 Å². The standard InChI is InChI=1S/C19H13F6N3O3.C7H7NO/c20-18(21,22)15-8-14(30-11-12-2-1-6-26-9-12)4-3-13(15)10-28-7-5-16(27-28)31-17(29)19(23,24)25;8-7(9)6-4-2-1-3-5-6/h1-9H,10-11H2;1-5H,(H2,8,9). The number of primary amides is 1. The number of benzene rings is 2. The van der Waals surface area contributed by atoms with E-state index in [1.807, 2.05) is 6.07 Å². The summed E-state index contributed by atoms with van der Waals surface area (Å²) in [6.07, 6.45) is -5.79. The van der Waals surface area contributed by atoms with Gasteiger partial charge in [0.2, 0.25) is 11.8 Å².